The van der Waals surface area contributed by atoms with Gasteiger partial charge in [0.15, 0.2) is 0 Å². The third-order valence-corrected chi connectivity index (χ3v) is 3.06. The van der Waals surface area contributed by atoms with Crippen LogP contribution >= 0.6 is 0 Å². The molecule has 0 aliphatic carbocycles. The SMILES string of the molecule is COc1cc(CNCCCc2ncc[nH]2)cc(OC)c1. The van der Waals surface area contributed by atoms with Gasteiger partial charge < -0.3 is 19.8 Å². The van der Waals surface area contributed by atoms with E-state index in [9.17, 15) is 0 Å². The molecule has 0 saturated carbocycles. The van der Waals surface area contributed by atoms with Crippen molar-refractivity contribution in [1.29, 1.82) is 0 Å². The Hall–Kier alpha value is -2.01. The van der Waals surface area contributed by atoms with Gasteiger partial charge in [-0.15, -0.1) is 0 Å². The van der Waals surface area contributed by atoms with Crippen molar-refractivity contribution in [2.24, 2.45) is 0 Å². The molecule has 0 spiro atoms. The number of rotatable bonds is 8. The summed E-state index contributed by atoms with van der Waals surface area (Å²) in [5.41, 5.74) is 1.15. The van der Waals surface area contributed by atoms with Gasteiger partial charge in [-0.2, -0.15) is 0 Å². The summed E-state index contributed by atoms with van der Waals surface area (Å²) in [6.07, 6.45) is 5.65. The number of hydrogen-bond acceptors (Lipinski definition) is 4. The van der Waals surface area contributed by atoms with E-state index >= 15 is 0 Å². The Kier molecular flexibility index (Phi) is 5.43. The number of nitrogens with one attached hydrogen (secondary N) is 2. The van der Waals surface area contributed by atoms with E-state index in [4.69, 9.17) is 9.47 Å². The van der Waals surface area contributed by atoms with Crippen molar-refractivity contribution in [2.75, 3.05) is 20.8 Å². The van der Waals surface area contributed by atoms with Gasteiger partial charge in [0, 0.05) is 31.4 Å². The van der Waals surface area contributed by atoms with E-state index in [1.807, 2.05) is 24.4 Å². The highest BCUT2D eigenvalue weighted by Crippen LogP contribution is 2.22. The Bertz CT molecular complexity index is 490. The molecule has 0 atom stereocenters. The Balaban J connectivity index is 1.75. The maximum atomic E-state index is 5.25. The number of H-pyrrole nitrogens is 1. The fourth-order valence-electron chi connectivity index (χ4n) is 2.02. The zero-order valence-electron chi connectivity index (χ0n) is 12.0. The molecule has 1 heterocycles. The lowest BCUT2D eigenvalue weighted by atomic mass is 10.2. The van der Waals surface area contributed by atoms with Gasteiger partial charge in [0.05, 0.1) is 14.2 Å². The van der Waals surface area contributed by atoms with E-state index < -0.39 is 0 Å². The molecule has 0 radical (unpaired) electrons. The topological polar surface area (TPSA) is 59.2 Å². The van der Waals surface area contributed by atoms with Gasteiger partial charge in [0.1, 0.15) is 17.3 Å². The average molecular weight is 275 g/mol. The molecular formula is C15H21N3O2. The van der Waals surface area contributed by atoms with Crippen molar-refractivity contribution < 1.29 is 9.47 Å². The molecule has 5 nitrogen and oxygen atoms in total. The molecule has 0 bridgehead atoms. The molecular weight excluding hydrogens is 254 g/mol. The van der Waals surface area contributed by atoms with E-state index in [0.29, 0.717) is 0 Å². The van der Waals surface area contributed by atoms with Crippen LogP contribution in [0.25, 0.3) is 0 Å². The Labute approximate surface area is 119 Å². The monoisotopic (exact) mass is 275 g/mol. The summed E-state index contributed by atoms with van der Waals surface area (Å²) < 4.78 is 10.5. The molecule has 0 aliphatic heterocycles. The first-order chi connectivity index (χ1) is 9.81. The first kappa shape index (κ1) is 14.4. The zero-order chi connectivity index (χ0) is 14.2. The first-order valence-corrected chi connectivity index (χ1v) is 6.72. The molecule has 0 fully saturated rings. The van der Waals surface area contributed by atoms with E-state index in [1.165, 1.54) is 0 Å². The number of hydrogen-bond donors (Lipinski definition) is 2. The molecule has 0 amide bonds. The van der Waals surface area contributed by atoms with Crippen LogP contribution < -0.4 is 14.8 Å². The Morgan fingerprint density at radius 2 is 1.90 bits per heavy atom. The predicted octanol–water partition coefficient (Wildman–Crippen LogP) is 2.15. The summed E-state index contributed by atoms with van der Waals surface area (Å²) in [4.78, 5) is 7.30. The van der Waals surface area contributed by atoms with Crippen molar-refractivity contribution in [3.05, 3.63) is 42.0 Å². The molecule has 108 valence electrons. The quantitative estimate of drug-likeness (QED) is 0.725. The number of nitrogens with zero attached hydrogens (tertiary/aromatic N) is 1. The van der Waals surface area contributed by atoms with Gasteiger partial charge >= 0.3 is 0 Å². The fraction of sp³-hybridized carbons (Fsp3) is 0.400. The van der Waals surface area contributed by atoms with Crippen molar-refractivity contribution in [2.45, 2.75) is 19.4 Å². The van der Waals surface area contributed by atoms with Crippen molar-refractivity contribution >= 4 is 0 Å². The number of imidazole rings is 1. The van der Waals surface area contributed by atoms with Crippen molar-refractivity contribution in [3.8, 4) is 11.5 Å². The van der Waals surface area contributed by atoms with Crippen LogP contribution in [0.2, 0.25) is 0 Å². The minimum Gasteiger partial charge on any atom is -0.497 e. The van der Waals surface area contributed by atoms with Gasteiger partial charge in [-0.05, 0) is 30.7 Å². The van der Waals surface area contributed by atoms with E-state index in [-0.39, 0.29) is 0 Å². The van der Waals surface area contributed by atoms with Gasteiger partial charge in [-0.25, -0.2) is 4.98 Å². The van der Waals surface area contributed by atoms with Crippen LogP contribution in [0.5, 0.6) is 11.5 Å². The third kappa shape index (κ3) is 4.28. The number of methoxy groups -OCH3 is 2. The smallest absolute Gasteiger partial charge is 0.122 e. The molecule has 1 aromatic heterocycles. The van der Waals surface area contributed by atoms with Gasteiger partial charge in [-0.3, -0.25) is 0 Å². The van der Waals surface area contributed by atoms with E-state index in [1.54, 1.807) is 20.4 Å². The summed E-state index contributed by atoms with van der Waals surface area (Å²) >= 11 is 0. The second-order valence-electron chi connectivity index (χ2n) is 4.54. The first-order valence-electron chi connectivity index (χ1n) is 6.72. The molecule has 0 saturated heterocycles. The lowest BCUT2D eigenvalue weighted by Crippen LogP contribution is -2.15. The average Bonchev–Trinajstić information content (AvgIpc) is 2.99. The molecule has 2 rings (SSSR count). The van der Waals surface area contributed by atoms with E-state index in [2.05, 4.69) is 15.3 Å². The maximum Gasteiger partial charge on any atom is 0.122 e. The minimum atomic E-state index is 0.797. The number of benzene rings is 1. The van der Waals surface area contributed by atoms with Crippen LogP contribution in [0.1, 0.15) is 17.8 Å². The predicted molar refractivity (Wildman–Crippen MR) is 78.2 cm³/mol. The minimum absolute atomic E-state index is 0.797. The van der Waals surface area contributed by atoms with Crippen LogP contribution in [-0.2, 0) is 13.0 Å². The molecule has 2 aromatic rings. The molecule has 20 heavy (non-hydrogen) atoms. The second kappa shape index (κ2) is 7.55. The van der Waals surface area contributed by atoms with Crippen LogP contribution in [0.15, 0.2) is 30.6 Å². The van der Waals surface area contributed by atoms with Gasteiger partial charge in [0.25, 0.3) is 0 Å². The summed E-state index contributed by atoms with van der Waals surface area (Å²) in [6.45, 7) is 1.74. The number of aromatic amines is 1. The van der Waals surface area contributed by atoms with Gasteiger partial charge in [0.2, 0.25) is 0 Å². The molecule has 5 heteroatoms. The summed E-state index contributed by atoms with van der Waals surface area (Å²) in [5, 5.41) is 3.41. The van der Waals surface area contributed by atoms with Crippen molar-refractivity contribution in [3.63, 3.8) is 0 Å². The maximum absolute atomic E-state index is 5.25. The van der Waals surface area contributed by atoms with Crippen molar-refractivity contribution in [1.82, 2.24) is 15.3 Å². The fourth-order valence-corrected chi connectivity index (χ4v) is 2.02. The van der Waals surface area contributed by atoms with Crippen LogP contribution in [0.3, 0.4) is 0 Å². The summed E-state index contributed by atoms with van der Waals surface area (Å²) in [6, 6.07) is 5.91. The Morgan fingerprint density at radius 3 is 2.50 bits per heavy atom. The lowest BCUT2D eigenvalue weighted by Gasteiger charge is -2.09. The highest BCUT2D eigenvalue weighted by Gasteiger charge is 2.02. The van der Waals surface area contributed by atoms with Crippen LogP contribution in [0, 0.1) is 0 Å². The lowest BCUT2D eigenvalue weighted by molar-refractivity contribution is 0.393. The summed E-state index contributed by atoms with van der Waals surface area (Å²) in [7, 11) is 3.32. The van der Waals surface area contributed by atoms with Crippen LogP contribution in [0.4, 0.5) is 0 Å². The molecule has 2 N–H and O–H groups in total. The van der Waals surface area contributed by atoms with Crippen LogP contribution in [-0.4, -0.2) is 30.7 Å². The Morgan fingerprint density at radius 1 is 1.15 bits per heavy atom. The number of ether oxygens (including phenoxy) is 2. The number of aryl methyl sites for hydroxylation is 1. The molecule has 0 aliphatic rings. The third-order valence-electron chi connectivity index (χ3n) is 3.06. The molecule has 0 unspecified atom stereocenters. The summed E-state index contributed by atoms with van der Waals surface area (Å²) in [5.74, 6) is 2.67. The standard InChI is InChI=1S/C15H21N3O2/c1-19-13-8-12(9-14(10-13)20-2)11-16-5-3-4-15-17-6-7-18-15/h6-10,16H,3-5,11H2,1-2H3,(H,17,18). The van der Waals surface area contributed by atoms with E-state index in [0.717, 1.165) is 48.8 Å². The zero-order valence-corrected chi connectivity index (χ0v) is 12.0. The van der Waals surface area contributed by atoms with Gasteiger partial charge in [-0.1, -0.05) is 0 Å². The second-order valence-corrected chi connectivity index (χ2v) is 4.54. The highest BCUT2D eigenvalue weighted by molar-refractivity contribution is 5.38. The normalized spacial score (nSPS) is 10.5. The highest BCUT2D eigenvalue weighted by atomic mass is 16.5. The number of aromatic nitrogens is 2. The largest absolute Gasteiger partial charge is 0.497 e. The molecule has 1 aromatic carbocycles.